The molecule has 4 N–H and O–H groups in total. The molecule has 6 nitrogen and oxygen atoms in total. The van der Waals surface area contributed by atoms with Gasteiger partial charge in [0.25, 0.3) is 5.91 Å². The molecule has 0 fully saturated rings. The third kappa shape index (κ3) is 6.34. The Balaban J connectivity index is 0.00000320. The van der Waals surface area contributed by atoms with Crippen LogP contribution >= 0.6 is 12.4 Å². The summed E-state index contributed by atoms with van der Waals surface area (Å²) in [6, 6.07) is 16.4. The van der Waals surface area contributed by atoms with Gasteiger partial charge in [0.05, 0.1) is 6.42 Å². The van der Waals surface area contributed by atoms with Crippen molar-refractivity contribution in [1.29, 1.82) is 0 Å². The van der Waals surface area contributed by atoms with Gasteiger partial charge in [0, 0.05) is 23.7 Å². The molecule has 7 heteroatoms. The van der Waals surface area contributed by atoms with Crippen molar-refractivity contribution in [3.63, 3.8) is 0 Å². The van der Waals surface area contributed by atoms with E-state index in [2.05, 4.69) is 17.6 Å². The lowest BCUT2D eigenvalue weighted by Crippen LogP contribution is -2.40. The maximum atomic E-state index is 12.4. The van der Waals surface area contributed by atoms with E-state index in [0.29, 0.717) is 17.8 Å². The van der Waals surface area contributed by atoms with Crippen molar-refractivity contribution in [2.45, 2.75) is 38.6 Å². The van der Waals surface area contributed by atoms with E-state index in [1.165, 1.54) is 0 Å². The molecule has 0 saturated carbocycles. The molecule has 1 heterocycles. The summed E-state index contributed by atoms with van der Waals surface area (Å²) < 4.78 is 5.58. The Hall–Kier alpha value is -2.83. The molecular formula is C23H28ClN3O3. The largest absolute Gasteiger partial charge is 0.451 e. The molecule has 0 spiro atoms. The number of unbranched alkanes of at least 4 members (excludes halogenated alkanes) is 1. The quantitative estimate of drug-likeness (QED) is 0.472. The Bertz CT molecular complexity index is 936. The third-order valence-corrected chi connectivity index (χ3v) is 4.78. The number of amides is 2. The molecule has 0 saturated heterocycles. The van der Waals surface area contributed by atoms with Crippen LogP contribution in [0.5, 0.6) is 0 Å². The van der Waals surface area contributed by atoms with E-state index in [4.69, 9.17) is 10.2 Å². The maximum absolute atomic E-state index is 12.4. The first-order valence-electron chi connectivity index (χ1n) is 9.97. The number of carbonyl (C=O) groups excluding carboxylic acids is 2. The van der Waals surface area contributed by atoms with E-state index < -0.39 is 0 Å². The zero-order valence-corrected chi connectivity index (χ0v) is 17.8. The molecular weight excluding hydrogens is 402 g/mol. The number of nitrogens with two attached hydrogens (primary N) is 1. The zero-order valence-electron chi connectivity index (χ0n) is 17.0. The van der Waals surface area contributed by atoms with Crippen LogP contribution in [0.15, 0.2) is 59.0 Å². The monoisotopic (exact) mass is 429 g/mol. The number of carbonyl (C=O) groups is 2. The molecule has 0 radical (unpaired) electrons. The minimum atomic E-state index is -0.312. The van der Waals surface area contributed by atoms with E-state index in [1.54, 1.807) is 18.2 Å². The van der Waals surface area contributed by atoms with E-state index in [-0.39, 0.29) is 42.4 Å². The van der Waals surface area contributed by atoms with Crippen molar-refractivity contribution < 1.29 is 14.0 Å². The predicted octanol–water partition coefficient (Wildman–Crippen LogP) is 4.28. The number of furan rings is 1. The van der Waals surface area contributed by atoms with Gasteiger partial charge in [-0.3, -0.25) is 9.59 Å². The second kappa shape index (κ2) is 11.4. The highest BCUT2D eigenvalue weighted by atomic mass is 35.5. The first kappa shape index (κ1) is 23.4. The molecule has 1 atom stereocenters. The summed E-state index contributed by atoms with van der Waals surface area (Å²) in [5.74, 6) is -0.0985. The van der Waals surface area contributed by atoms with Crippen molar-refractivity contribution in [3.8, 4) is 0 Å². The summed E-state index contributed by atoms with van der Waals surface area (Å²) in [7, 11) is 0. The van der Waals surface area contributed by atoms with Crippen LogP contribution in [0, 0.1) is 0 Å². The number of anilines is 1. The Morgan fingerprint density at radius 2 is 1.83 bits per heavy atom. The van der Waals surface area contributed by atoms with Crippen LogP contribution in [0.2, 0.25) is 0 Å². The standard InChI is InChI=1S/C23H27N3O3.ClH/c1-2-3-7-19(15-24)25-22(27)13-16-9-11-18(12-10-16)26-23(28)21-14-17-6-4-5-8-20(17)29-21;/h4-6,8-12,14,19H,2-3,7,13,15,24H2,1H3,(H,25,27)(H,26,28);1H. The lowest BCUT2D eigenvalue weighted by atomic mass is 10.1. The first-order chi connectivity index (χ1) is 14.1. The molecule has 1 aromatic heterocycles. The summed E-state index contributed by atoms with van der Waals surface area (Å²) in [6.07, 6.45) is 3.29. The summed E-state index contributed by atoms with van der Waals surface area (Å²) in [4.78, 5) is 24.6. The van der Waals surface area contributed by atoms with Crippen LogP contribution in [-0.4, -0.2) is 24.4 Å². The van der Waals surface area contributed by atoms with Crippen molar-refractivity contribution in [2.75, 3.05) is 11.9 Å². The molecule has 160 valence electrons. The van der Waals surface area contributed by atoms with Gasteiger partial charge in [0.15, 0.2) is 5.76 Å². The predicted molar refractivity (Wildman–Crippen MR) is 122 cm³/mol. The van der Waals surface area contributed by atoms with Crippen LogP contribution in [0.25, 0.3) is 11.0 Å². The number of hydrogen-bond donors (Lipinski definition) is 3. The van der Waals surface area contributed by atoms with Gasteiger partial charge in [0.2, 0.25) is 5.91 Å². The van der Waals surface area contributed by atoms with Crippen LogP contribution in [0.3, 0.4) is 0 Å². The van der Waals surface area contributed by atoms with E-state index in [9.17, 15) is 9.59 Å². The minimum absolute atomic E-state index is 0. The highest BCUT2D eigenvalue weighted by Gasteiger charge is 2.13. The van der Waals surface area contributed by atoms with Crippen molar-refractivity contribution in [2.24, 2.45) is 5.73 Å². The fraction of sp³-hybridized carbons (Fsp3) is 0.304. The fourth-order valence-corrected chi connectivity index (χ4v) is 3.16. The fourth-order valence-electron chi connectivity index (χ4n) is 3.16. The molecule has 2 aromatic carbocycles. The van der Waals surface area contributed by atoms with Crippen molar-refractivity contribution in [3.05, 3.63) is 65.9 Å². The topological polar surface area (TPSA) is 97.4 Å². The molecule has 0 aliphatic heterocycles. The highest BCUT2D eigenvalue weighted by molar-refractivity contribution is 6.04. The maximum Gasteiger partial charge on any atom is 0.291 e. The van der Waals surface area contributed by atoms with Crippen molar-refractivity contribution in [1.82, 2.24) is 5.32 Å². The van der Waals surface area contributed by atoms with E-state index in [0.717, 1.165) is 30.2 Å². The molecule has 3 aromatic rings. The molecule has 0 bridgehead atoms. The average Bonchev–Trinajstić information content (AvgIpc) is 3.17. The van der Waals surface area contributed by atoms with Crippen LogP contribution in [-0.2, 0) is 11.2 Å². The normalized spacial score (nSPS) is 11.5. The average molecular weight is 430 g/mol. The van der Waals surface area contributed by atoms with E-state index in [1.807, 2.05) is 36.4 Å². The minimum Gasteiger partial charge on any atom is -0.451 e. The van der Waals surface area contributed by atoms with Gasteiger partial charge in [0.1, 0.15) is 5.58 Å². The lowest BCUT2D eigenvalue weighted by Gasteiger charge is -2.16. The number of nitrogens with one attached hydrogen (secondary N) is 2. The number of halogens is 1. The van der Waals surface area contributed by atoms with Gasteiger partial charge >= 0.3 is 0 Å². The first-order valence-corrected chi connectivity index (χ1v) is 9.97. The summed E-state index contributed by atoms with van der Waals surface area (Å²) in [5, 5.41) is 6.68. The highest BCUT2D eigenvalue weighted by Crippen LogP contribution is 2.20. The van der Waals surface area contributed by atoms with Crippen LogP contribution < -0.4 is 16.4 Å². The third-order valence-electron chi connectivity index (χ3n) is 4.78. The Morgan fingerprint density at radius 3 is 2.50 bits per heavy atom. The molecule has 0 aliphatic rings. The molecule has 2 amide bonds. The van der Waals surface area contributed by atoms with Crippen LogP contribution in [0.1, 0.15) is 42.3 Å². The van der Waals surface area contributed by atoms with Gasteiger partial charge < -0.3 is 20.8 Å². The molecule has 30 heavy (non-hydrogen) atoms. The summed E-state index contributed by atoms with van der Waals surface area (Å²) in [5.41, 5.74) is 7.92. The van der Waals surface area contributed by atoms with Gasteiger partial charge in [-0.05, 0) is 36.2 Å². The van der Waals surface area contributed by atoms with Crippen molar-refractivity contribution >= 4 is 40.9 Å². The summed E-state index contributed by atoms with van der Waals surface area (Å²) in [6.45, 7) is 2.56. The van der Waals surface area contributed by atoms with Gasteiger partial charge in [-0.15, -0.1) is 12.4 Å². The van der Waals surface area contributed by atoms with Gasteiger partial charge in [-0.2, -0.15) is 0 Å². The second-order valence-electron chi connectivity index (χ2n) is 7.12. The van der Waals surface area contributed by atoms with Gasteiger partial charge in [-0.25, -0.2) is 0 Å². The number of benzene rings is 2. The SMILES string of the molecule is CCCCC(CN)NC(=O)Cc1ccc(NC(=O)c2cc3ccccc3o2)cc1.Cl. The number of rotatable bonds is 9. The molecule has 1 unspecified atom stereocenters. The zero-order chi connectivity index (χ0) is 20.6. The van der Waals surface area contributed by atoms with Crippen LogP contribution in [0.4, 0.5) is 5.69 Å². The Morgan fingerprint density at radius 1 is 1.10 bits per heavy atom. The number of fused-ring (bicyclic) bond motifs is 1. The second-order valence-corrected chi connectivity index (χ2v) is 7.12. The number of para-hydroxylation sites is 1. The summed E-state index contributed by atoms with van der Waals surface area (Å²) >= 11 is 0. The smallest absolute Gasteiger partial charge is 0.291 e. The van der Waals surface area contributed by atoms with E-state index >= 15 is 0 Å². The molecule has 3 rings (SSSR count). The Labute approximate surface area is 182 Å². The molecule has 0 aliphatic carbocycles. The number of hydrogen-bond acceptors (Lipinski definition) is 4. The lowest BCUT2D eigenvalue weighted by molar-refractivity contribution is -0.121. The van der Waals surface area contributed by atoms with Gasteiger partial charge in [-0.1, -0.05) is 50.1 Å². The Kier molecular flexibility index (Phi) is 8.89.